The molecule has 2 aromatic rings. The third-order valence-corrected chi connectivity index (χ3v) is 6.40. The third kappa shape index (κ3) is 4.09. The second-order valence-corrected chi connectivity index (χ2v) is 8.40. The van der Waals surface area contributed by atoms with Crippen molar-refractivity contribution < 1.29 is 34.7 Å². The first-order chi connectivity index (χ1) is 14.8. The number of aliphatic hydroxyl groups excluding tert-OH is 4. The van der Waals surface area contributed by atoms with E-state index in [0.29, 0.717) is 41.3 Å². The molecular weight excluding hydrogens is 424 g/mol. The van der Waals surface area contributed by atoms with Crippen molar-refractivity contribution in [3.63, 3.8) is 0 Å². The number of carbonyl (C=O) groups is 1. The maximum Gasteiger partial charge on any atom is 0.159 e. The molecule has 2 aromatic carbocycles. The van der Waals surface area contributed by atoms with Gasteiger partial charge in [0, 0.05) is 17.5 Å². The summed E-state index contributed by atoms with van der Waals surface area (Å²) in [7, 11) is 0. The minimum atomic E-state index is -1.47. The SMILES string of the molecule is CC(=O)c1ccc(Cc2cc(C3OC(CO)C(O)C(O)C3O)c3c(c2Cl)OCC3)cc1. The fraction of sp³-hybridized carbons (Fsp3) is 0.435. The zero-order valence-corrected chi connectivity index (χ0v) is 17.7. The summed E-state index contributed by atoms with van der Waals surface area (Å²) >= 11 is 6.63. The highest BCUT2D eigenvalue weighted by atomic mass is 35.5. The van der Waals surface area contributed by atoms with Crippen LogP contribution in [0.2, 0.25) is 5.02 Å². The Hall–Kier alpha value is -2.00. The largest absolute Gasteiger partial charge is 0.491 e. The van der Waals surface area contributed by atoms with Gasteiger partial charge in [0.05, 0.1) is 18.2 Å². The smallest absolute Gasteiger partial charge is 0.159 e. The standard InChI is InChI=1S/C23H25ClO7/c1-11(26)13-4-2-12(3-5-13)8-14-9-16(15-6-7-30-22(15)18(14)24)23-21(29)20(28)19(27)17(10-25)31-23/h2-5,9,17,19-21,23,25,27-29H,6-8,10H2,1H3. The first-order valence-corrected chi connectivity index (χ1v) is 10.6. The normalized spacial score (nSPS) is 27.6. The summed E-state index contributed by atoms with van der Waals surface area (Å²) in [6.45, 7) is 1.44. The van der Waals surface area contributed by atoms with Crippen LogP contribution in [0, 0.1) is 0 Å². The van der Waals surface area contributed by atoms with Gasteiger partial charge in [0.2, 0.25) is 0 Å². The van der Waals surface area contributed by atoms with Crippen molar-refractivity contribution in [2.75, 3.05) is 13.2 Å². The van der Waals surface area contributed by atoms with E-state index in [1.165, 1.54) is 6.92 Å². The molecule has 0 saturated carbocycles. The van der Waals surface area contributed by atoms with E-state index in [4.69, 9.17) is 21.1 Å². The van der Waals surface area contributed by atoms with Gasteiger partial charge in [-0.1, -0.05) is 41.9 Å². The van der Waals surface area contributed by atoms with Gasteiger partial charge in [-0.15, -0.1) is 0 Å². The summed E-state index contributed by atoms with van der Waals surface area (Å²) in [5.41, 5.74) is 3.69. The maximum atomic E-state index is 11.5. The molecule has 1 saturated heterocycles. The highest BCUT2D eigenvalue weighted by molar-refractivity contribution is 6.33. The summed E-state index contributed by atoms with van der Waals surface area (Å²) in [5, 5.41) is 41.0. The average Bonchev–Trinajstić information content (AvgIpc) is 3.25. The number of hydrogen-bond acceptors (Lipinski definition) is 7. The number of fused-ring (bicyclic) bond motifs is 1. The molecule has 1 fully saturated rings. The molecule has 0 aromatic heterocycles. The number of aliphatic hydroxyl groups is 4. The molecule has 0 radical (unpaired) electrons. The van der Waals surface area contributed by atoms with Gasteiger partial charge in [-0.3, -0.25) is 4.79 Å². The number of rotatable bonds is 5. The topological polar surface area (TPSA) is 116 Å². The van der Waals surface area contributed by atoms with E-state index in [1.807, 2.05) is 18.2 Å². The number of Topliss-reactive ketones (excluding diaryl/α,β-unsaturated/α-hetero) is 1. The molecule has 8 heteroatoms. The zero-order valence-electron chi connectivity index (χ0n) is 17.0. The van der Waals surface area contributed by atoms with Gasteiger partial charge in [0.15, 0.2) is 5.78 Å². The number of ketones is 1. The Balaban J connectivity index is 1.72. The van der Waals surface area contributed by atoms with Crippen LogP contribution >= 0.6 is 11.6 Å². The van der Waals surface area contributed by atoms with Gasteiger partial charge < -0.3 is 29.9 Å². The van der Waals surface area contributed by atoms with E-state index < -0.39 is 37.1 Å². The fourth-order valence-electron chi connectivity index (χ4n) is 4.23. The molecule has 0 aliphatic carbocycles. The lowest BCUT2D eigenvalue weighted by Gasteiger charge is -2.40. The second-order valence-electron chi connectivity index (χ2n) is 8.02. The van der Waals surface area contributed by atoms with Crippen molar-refractivity contribution in [3.05, 3.63) is 63.2 Å². The van der Waals surface area contributed by atoms with Crippen molar-refractivity contribution in [1.82, 2.24) is 0 Å². The van der Waals surface area contributed by atoms with E-state index >= 15 is 0 Å². The van der Waals surface area contributed by atoms with Gasteiger partial charge in [0.25, 0.3) is 0 Å². The summed E-state index contributed by atoms with van der Waals surface area (Å²) in [4.78, 5) is 11.5. The summed E-state index contributed by atoms with van der Waals surface area (Å²) in [5.74, 6) is 0.506. The van der Waals surface area contributed by atoms with Crippen molar-refractivity contribution in [1.29, 1.82) is 0 Å². The van der Waals surface area contributed by atoms with Gasteiger partial charge in [-0.25, -0.2) is 0 Å². The lowest BCUT2D eigenvalue weighted by atomic mass is 9.87. The lowest BCUT2D eigenvalue weighted by molar-refractivity contribution is -0.231. The molecule has 0 amide bonds. The van der Waals surface area contributed by atoms with Gasteiger partial charge in [-0.2, -0.15) is 0 Å². The van der Waals surface area contributed by atoms with E-state index in [1.54, 1.807) is 12.1 Å². The second kappa shape index (κ2) is 8.86. The predicted octanol–water partition coefficient (Wildman–Crippen LogP) is 1.58. The maximum absolute atomic E-state index is 11.5. The van der Waals surface area contributed by atoms with E-state index in [0.717, 1.165) is 16.7 Å². The fourth-order valence-corrected chi connectivity index (χ4v) is 4.52. The molecule has 2 aliphatic heterocycles. The Bertz CT molecular complexity index is 973. The first-order valence-electron chi connectivity index (χ1n) is 10.2. The van der Waals surface area contributed by atoms with Gasteiger partial charge in [0.1, 0.15) is 36.3 Å². The molecule has 2 aliphatic rings. The van der Waals surface area contributed by atoms with Crippen molar-refractivity contribution >= 4 is 17.4 Å². The summed E-state index contributed by atoms with van der Waals surface area (Å²) < 4.78 is 11.5. The number of halogens is 1. The Kier molecular flexibility index (Phi) is 6.35. The van der Waals surface area contributed by atoms with Crippen LogP contribution < -0.4 is 4.74 Å². The Morgan fingerprint density at radius 3 is 2.48 bits per heavy atom. The molecule has 7 nitrogen and oxygen atoms in total. The molecule has 31 heavy (non-hydrogen) atoms. The van der Waals surface area contributed by atoms with Crippen molar-refractivity contribution in [2.45, 2.75) is 50.3 Å². The molecule has 4 N–H and O–H groups in total. The zero-order chi connectivity index (χ0) is 22.3. The van der Waals surface area contributed by atoms with Crippen LogP contribution in [0.25, 0.3) is 0 Å². The molecule has 5 atom stereocenters. The number of ether oxygens (including phenoxy) is 2. The van der Waals surface area contributed by atoms with Crippen molar-refractivity contribution in [2.24, 2.45) is 0 Å². The molecule has 166 valence electrons. The Morgan fingerprint density at radius 1 is 1.13 bits per heavy atom. The monoisotopic (exact) mass is 448 g/mol. The molecule has 2 heterocycles. The van der Waals surface area contributed by atoms with Crippen LogP contribution in [0.4, 0.5) is 0 Å². The van der Waals surface area contributed by atoms with Crippen LogP contribution in [0.5, 0.6) is 5.75 Å². The van der Waals surface area contributed by atoms with E-state index in [9.17, 15) is 25.2 Å². The molecule has 5 unspecified atom stereocenters. The highest BCUT2D eigenvalue weighted by Crippen LogP contribution is 2.44. The number of hydrogen-bond donors (Lipinski definition) is 4. The molecular formula is C23H25ClO7. The van der Waals surface area contributed by atoms with Crippen LogP contribution in [0.1, 0.15) is 45.6 Å². The van der Waals surface area contributed by atoms with Crippen LogP contribution in [0.15, 0.2) is 30.3 Å². The third-order valence-electron chi connectivity index (χ3n) is 5.99. The Labute approximate surface area is 184 Å². The van der Waals surface area contributed by atoms with Crippen LogP contribution in [-0.4, -0.2) is 63.8 Å². The van der Waals surface area contributed by atoms with E-state index in [-0.39, 0.29) is 5.78 Å². The number of benzene rings is 2. The van der Waals surface area contributed by atoms with Crippen LogP contribution in [0.3, 0.4) is 0 Å². The molecule has 4 rings (SSSR count). The van der Waals surface area contributed by atoms with Crippen LogP contribution in [-0.2, 0) is 17.6 Å². The minimum Gasteiger partial charge on any atom is -0.491 e. The molecule has 0 bridgehead atoms. The lowest BCUT2D eigenvalue weighted by Crippen LogP contribution is -2.55. The molecule has 0 spiro atoms. The van der Waals surface area contributed by atoms with Crippen molar-refractivity contribution in [3.8, 4) is 5.75 Å². The summed E-state index contributed by atoms with van der Waals surface area (Å²) in [6, 6.07) is 9.05. The highest BCUT2D eigenvalue weighted by Gasteiger charge is 2.45. The quantitative estimate of drug-likeness (QED) is 0.513. The van der Waals surface area contributed by atoms with Gasteiger partial charge >= 0.3 is 0 Å². The average molecular weight is 449 g/mol. The summed E-state index contributed by atoms with van der Waals surface area (Å²) in [6.07, 6.45) is -5.21. The predicted molar refractivity (Wildman–Crippen MR) is 113 cm³/mol. The number of carbonyl (C=O) groups excluding carboxylic acids is 1. The first kappa shape index (κ1) is 22.2. The Morgan fingerprint density at radius 2 is 1.84 bits per heavy atom. The van der Waals surface area contributed by atoms with E-state index in [2.05, 4.69) is 0 Å². The van der Waals surface area contributed by atoms with Gasteiger partial charge in [-0.05, 0) is 30.0 Å². The minimum absolute atomic E-state index is 0.0135.